The molecule has 0 aliphatic heterocycles. The molecule has 0 unspecified atom stereocenters. The second-order valence-electron chi connectivity index (χ2n) is 7.47. The van der Waals surface area contributed by atoms with Gasteiger partial charge in [-0.3, -0.25) is 4.98 Å². The molecule has 0 aliphatic rings. The van der Waals surface area contributed by atoms with Crippen LogP contribution < -0.4 is 0 Å². The molecule has 27 heavy (non-hydrogen) atoms. The standard InChI is InChI=1S/C23H35ClN2O/c1-3-5-7-9-16-26(17-10-8-6-4-2)18-22(27)19-14-15-25-23-20(19)12-11-13-21(23)24/h11-15,22,27H,3-10,16-18H2,1-2H3/t22-/m0/s1. The van der Waals surface area contributed by atoms with Crippen LogP contribution in [0.1, 0.15) is 76.9 Å². The summed E-state index contributed by atoms with van der Waals surface area (Å²) in [5.41, 5.74) is 1.70. The maximum absolute atomic E-state index is 11.0. The smallest absolute Gasteiger partial charge is 0.0924 e. The van der Waals surface area contributed by atoms with E-state index in [0.29, 0.717) is 11.6 Å². The van der Waals surface area contributed by atoms with Gasteiger partial charge >= 0.3 is 0 Å². The maximum atomic E-state index is 11.0. The van der Waals surface area contributed by atoms with Gasteiger partial charge in [0, 0.05) is 18.1 Å². The Labute approximate surface area is 169 Å². The summed E-state index contributed by atoms with van der Waals surface area (Å²) in [6.07, 6.45) is 11.3. The first-order chi connectivity index (χ1) is 13.2. The van der Waals surface area contributed by atoms with Gasteiger partial charge in [0.1, 0.15) is 0 Å². The molecule has 2 aromatic rings. The third-order valence-electron chi connectivity index (χ3n) is 5.20. The molecule has 0 saturated heterocycles. The second kappa shape index (κ2) is 12.3. The van der Waals surface area contributed by atoms with Crippen molar-refractivity contribution in [1.29, 1.82) is 0 Å². The van der Waals surface area contributed by atoms with Gasteiger partial charge in [-0.15, -0.1) is 0 Å². The Balaban J connectivity index is 2.04. The lowest BCUT2D eigenvalue weighted by Gasteiger charge is -2.26. The predicted octanol–water partition coefficient (Wildman–Crippen LogP) is 6.38. The number of aromatic nitrogens is 1. The SMILES string of the molecule is CCCCCCN(CCCCCC)C[C@H](O)c1ccnc2c(Cl)cccc12. The van der Waals surface area contributed by atoms with Crippen LogP contribution in [0.5, 0.6) is 0 Å². The monoisotopic (exact) mass is 390 g/mol. The number of fused-ring (bicyclic) bond motifs is 1. The molecule has 3 nitrogen and oxygen atoms in total. The van der Waals surface area contributed by atoms with Gasteiger partial charge in [-0.05, 0) is 43.6 Å². The summed E-state index contributed by atoms with van der Waals surface area (Å²) in [5.74, 6) is 0. The van der Waals surface area contributed by atoms with E-state index in [1.54, 1.807) is 6.20 Å². The number of nitrogens with zero attached hydrogens (tertiary/aromatic N) is 2. The van der Waals surface area contributed by atoms with Crippen molar-refractivity contribution in [2.45, 2.75) is 71.3 Å². The Kier molecular flexibility index (Phi) is 10.1. The van der Waals surface area contributed by atoms with E-state index >= 15 is 0 Å². The normalized spacial score (nSPS) is 12.8. The summed E-state index contributed by atoms with van der Waals surface area (Å²) < 4.78 is 0. The summed E-state index contributed by atoms with van der Waals surface area (Å²) in [6, 6.07) is 7.70. The van der Waals surface area contributed by atoms with Gasteiger partial charge in [-0.25, -0.2) is 0 Å². The lowest BCUT2D eigenvalue weighted by Crippen LogP contribution is -2.31. The lowest BCUT2D eigenvalue weighted by atomic mass is 10.0. The van der Waals surface area contributed by atoms with E-state index in [0.717, 1.165) is 29.6 Å². The molecular weight excluding hydrogens is 356 g/mol. The number of rotatable bonds is 13. The largest absolute Gasteiger partial charge is 0.387 e. The van der Waals surface area contributed by atoms with E-state index in [2.05, 4.69) is 23.7 Å². The van der Waals surface area contributed by atoms with Crippen LogP contribution >= 0.6 is 11.6 Å². The molecule has 0 fully saturated rings. The quantitative estimate of drug-likeness (QED) is 0.403. The molecule has 2 rings (SSSR count). The van der Waals surface area contributed by atoms with E-state index in [9.17, 15) is 5.11 Å². The lowest BCUT2D eigenvalue weighted by molar-refractivity contribution is 0.111. The summed E-state index contributed by atoms with van der Waals surface area (Å²) in [7, 11) is 0. The highest BCUT2D eigenvalue weighted by Crippen LogP contribution is 2.28. The van der Waals surface area contributed by atoms with Crippen molar-refractivity contribution < 1.29 is 5.11 Å². The number of halogens is 1. The molecule has 1 aromatic carbocycles. The average molecular weight is 391 g/mol. The minimum absolute atomic E-state index is 0.522. The van der Waals surface area contributed by atoms with E-state index in [1.165, 1.54) is 51.4 Å². The van der Waals surface area contributed by atoms with Gasteiger partial charge in [0.05, 0.1) is 16.6 Å². The zero-order valence-electron chi connectivity index (χ0n) is 17.0. The van der Waals surface area contributed by atoms with Gasteiger partial charge in [-0.1, -0.05) is 76.1 Å². The number of hydrogen-bond acceptors (Lipinski definition) is 3. The number of aliphatic hydroxyl groups excluding tert-OH is 1. The molecule has 150 valence electrons. The molecule has 0 radical (unpaired) electrons. The summed E-state index contributed by atoms with van der Waals surface area (Å²) >= 11 is 6.28. The van der Waals surface area contributed by atoms with Crippen LogP contribution in [0, 0.1) is 0 Å². The minimum atomic E-state index is -0.522. The first-order valence-electron chi connectivity index (χ1n) is 10.6. The predicted molar refractivity (Wildman–Crippen MR) is 116 cm³/mol. The number of benzene rings is 1. The van der Waals surface area contributed by atoms with Crippen molar-refractivity contribution in [2.75, 3.05) is 19.6 Å². The Morgan fingerprint density at radius 3 is 2.26 bits per heavy atom. The fourth-order valence-electron chi connectivity index (χ4n) is 3.61. The van der Waals surface area contributed by atoms with Crippen molar-refractivity contribution >= 4 is 22.5 Å². The molecule has 1 heterocycles. The Hall–Kier alpha value is -1.16. The molecule has 1 atom stereocenters. The molecular formula is C23H35ClN2O. The van der Waals surface area contributed by atoms with Gasteiger partial charge in [-0.2, -0.15) is 0 Å². The van der Waals surface area contributed by atoms with Crippen LogP contribution in [0.2, 0.25) is 5.02 Å². The van der Waals surface area contributed by atoms with Crippen LogP contribution in [0.15, 0.2) is 30.5 Å². The second-order valence-corrected chi connectivity index (χ2v) is 7.88. The third-order valence-corrected chi connectivity index (χ3v) is 5.51. The van der Waals surface area contributed by atoms with Gasteiger partial charge in [0.25, 0.3) is 0 Å². The Bertz CT molecular complexity index is 664. The topological polar surface area (TPSA) is 36.4 Å². The van der Waals surface area contributed by atoms with E-state index in [-0.39, 0.29) is 0 Å². The van der Waals surface area contributed by atoms with Crippen molar-refractivity contribution in [3.05, 3.63) is 41.0 Å². The highest BCUT2D eigenvalue weighted by atomic mass is 35.5. The highest BCUT2D eigenvalue weighted by molar-refractivity contribution is 6.35. The number of aliphatic hydroxyl groups is 1. The molecule has 1 aromatic heterocycles. The van der Waals surface area contributed by atoms with E-state index in [4.69, 9.17) is 11.6 Å². The molecule has 0 aliphatic carbocycles. The average Bonchev–Trinajstić information content (AvgIpc) is 2.68. The first-order valence-corrected chi connectivity index (χ1v) is 11.0. The van der Waals surface area contributed by atoms with Crippen LogP contribution in [0.25, 0.3) is 10.9 Å². The number of pyridine rings is 1. The number of para-hydroxylation sites is 1. The maximum Gasteiger partial charge on any atom is 0.0924 e. The van der Waals surface area contributed by atoms with Crippen LogP contribution in [-0.2, 0) is 0 Å². The molecule has 0 amide bonds. The summed E-state index contributed by atoms with van der Waals surface area (Å²) in [6.45, 7) is 7.28. The van der Waals surface area contributed by atoms with Crippen molar-refractivity contribution in [1.82, 2.24) is 9.88 Å². The van der Waals surface area contributed by atoms with E-state index in [1.807, 2.05) is 24.3 Å². The van der Waals surface area contributed by atoms with Crippen molar-refractivity contribution in [2.24, 2.45) is 0 Å². The van der Waals surface area contributed by atoms with Crippen LogP contribution in [0.4, 0.5) is 0 Å². The van der Waals surface area contributed by atoms with Gasteiger partial charge in [0.2, 0.25) is 0 Å². The first kappa shape index (κ1) is 22.1. The van der Waals surface area contributed by atoms with Gasteiger partial charge < -0.3 is 10.0 Å². The fraction of sp³-hybridized carbons (Fsp3) is 0.609. The molecule has 1 N–H and O–H groups in total. The molecule has 0 spiro atoms. The summed E-state index contributed by atoms with van der Waals surface area (Å²) in [5, 5.41) is 12.6. The van der Waals surface area contributed by atoms with Crippen molar-refractivity contribution in [3.63, 3.8) is 0 Å². The van der Waals surface area contributed by atoms with Crippen molar-refractivity contribution in [3.8, 4) is 0 Å². The molecule has 0 bridgehead atoms. The zero-order chi connectivity index (χ0) is 19.5. The van der Waals surface area contributed by atoms with E-state index < -0.39 is 6.10 Å². The highest BCUT2D eigenvalue weighted by Gasteiger charge is 2.16. The zero-order valence-corrected chi connectivity index (χ0v) is 17.7. The molecule has 0 saturated carbocycles. The molecule has 4 heteroatoms. The number of unbranched alkanes of at least 4 members (excludes halogenated alkanes) is 6. The van der Waals surface area contributed by atoms with Crippen LogP contribution in [0.3, 0.4) is 0 Å². The Morgan fingerprint density at radius 1 is 0.963 bits per heavy atom. The minimum Gasteiger partial charge on any atom is -0.387 e. The van der Waals surface area contributed by atoms with Gasteiger partial charge in [0.15, 0.2) is 0 Å². The Morgan fingerprint density at radius 2 is 1.63 bits per heavy atom. The third kappa shape index (κ3) is 7.06. The van der Waals surface area contributed by atoms with Crippen LogP contribution in [-0.4, -0.2) is 34.6 Å². The summed E-state index contributed by atoms with van der Waals surface area (Å²) in [4.78, 5) is 6.82. The number of hydrogen-bond donors (Lipinski definition) is 1. The fourth-order valence-corrected chi connectivity index (χ4v) is 3.84.